The Bertz CT molecular complexity index is 670. The van der Waals surface area contributed by atoms with Crippen LogP contribution in [-0.2, 0) is 16.2 Å². The summed E-state index contributed by atoms with van der Waals surface area (Å²) in [5.74, 6) is 0.260. The molecular formula is C19H21NO4. The largest absolute Gasteiger partial charge is 0.489 e. The molecule has 5 heteroatoms. The minimum Gasteiger partial charge on any atom is -0.489 e. The Morgan fingerprint density at radius 1 is 1.08 bits per heavy atom. The van der Waals surface area contributed by atoms with Crippen LogP contribution in [0.1, 0.15) is 15.9 Å². The van der Waals surface area contributed by atoms with Gasteiger partial charge >= 0.3 is 0 Å². The summed E-state index contributed by atoms with van der Waals surface area (Å²) in [5.41, 5.74) is 4.66. The minimum atomic E-state index is -0.326. The Kier molecular flexibility index (Phi) is 7.01. The van der Waals surface area contributed by atoms with E-state index in [9.17, 15) is 4.79 Å². The maximum absolute atomic E-state index is 11.7. The van der Waals surface area contributed by atoms with Crippen molar-refractivity contribution in [3.63, 3.8) is 0 Å². The van der Waals surface area contributed by atoms with E-state index in [4.69, 9.17) is 9.47 Å². The van der Waals surface area contributed by atoms with Gasteiger partial charge in [-0.25, -0.2) is 5.48 Å². The predicted molar refractivity (Wildman–Crippen MR) is 91.7 cm³/mol. The lowest BCUT2D eigenvalue weighted by Gasteiger charge is -2.10. The van der Waals surface area contributed by atoms with E-state index in [1.807, 2.05) is 30.3 Å². The fourth-order valence-corrected chi connectivity index (χ4v) is 1.99. The molecule has 0 saturated carbocycles. The van der Waals surface area contributed by atoms with Crippen LogP contribution in [0.4, 0.5) is 0 Å². The summed E-state index contributed by atoms with van der Waals surface area (Å²) in [4.78, 5) is 16.3. The first-order valence-electron chi connectivity index (χ1n) is 7.53. The molecule has 0 heterocycles. The molecule has 0 bridgehead atoms. The molecule has 0 fully saturated rings. The predicted octanol–water partition coefficient (Wildman–Crippen LogP) is 3.13. The molecule has 0 spiro atoms. The molecule has 1 N–H and O–H groups in total. The second kappa shape index (κ2) is 9.50. The van der Waals surface area contributed by atoms with Crippen molar-refractivity contribution in [2.24, 2.45) is 0 Å². The van der Waals surface area contributed by atoms with Crippen LogP contribution in [0.5, 0.6) is 5.75 Å². The smallest absolute Gasteiger partial charge is 0.274 e. The second-order valence-electron chi connectivity index (χ2n) is 5.18. The Morgan fingerprint density at radius 2 is 1.88 bits per heavy atom. The topological polar surface area (TPSA) is 56.8 Å². The number of hydrogen-bond acceptors (Lipinski definition) is 4. The zero-order chi connectivity index (χ0) is 17.2. The first-order valence-corrected chi connectivity index (χ1v) is 7.53. The number of benzene rings is 2. The van der Waals surface area contributed by atoms with Crippen molar-refractivity contribution in [2.45, 2.75) is 6.61 Å². The van der Waals surface area contributed by atoms with E-state index in [1.165, 1.54) is 7.11 Å². The maximum Gasteiger partial charge on any atom is 0.274 e. The zero-order valence-electron chi connectivity index (χ0n) is 13.7. The third-order valence-electron chi connectivity index (χ3n) is 3.15. The van der Waals surface area contributed by atoms with Crippen LogP contribution in [0.3, 0.4) is 0 Å². The summed E-state index contributed by atoms with van der Waals surface area (Å²) in [7, 11) is 1.39. The van der Waals surface area contributed by atoms with Crippen LogP contribution < -0.4 is 10.2 Å². The number of carbonyl (C=O) groups excluding carboxylic acids is 1. The van der Waals surface area contributed by atoms with Gasteiger partial charge in [-0.3, -0.25) is 9.63 Å². The Morgan fingerprint density at radius 3 is 2.62 bits per heavy atom. The Labute approximate surface area is 141 Å². The van der Waals surface area contributed by atoms with Crippen molar-refractivity contribution in [3.8, 4) is 5.75 Å². The Balaban J connectivity index is 1.75. The van der Waals surface area contributed by atoms with Gasteiger partial charge in [0.2, 0.25) is 0 Å². The lowest BCUT2D eigenvalue weighted by molar-refractivity contribution is 0.0537. The standard InChI is InChI=1S/C19H21NO4/c1-15(12-23-14-16-7-4-3-5-8-16)13-24-18-10-6-9-17(11-18)19(21)20-22-2/h3-11H,1,12-14H2,2H3,(H,20,21). The van der Waals surface area contributed by atoms with Gasteiger partial charge < -0.3 is 9.47 Å². The molecule has 0 unspecified atom stereocenters. The quantitative estimate of drug-likeness (QED) is 0.568. The molecule has 0 aliphatic rings. The summed E-state index contributed by atoms with van der Waals surface area (Å²) < 4.78 is 11.2. The first kappa shape index (κ1) is 17.7. The number of rotatable bonds is 9. The molecule has 0 aromatic heterocycles. The lowest BCUT2D eigenvalue weighted by atomic mass is 10.2. The number of hydrogen-bond donors (Lipinski definition) is 1. The average molecular weight is 327 g/mol. The van der Waals surface area contributed by atoms with Crippen LogP contribution in [0.15, 0.2) is 66.7 Å². The normalized spacial score (nSPS) is 10.2. The van der Waals surface area contributed by atoms with Crippen LogP contribution in [0.25, 0.3) is 0 Å². The maximum atomic E-state index is 11.7. The van der Waals surface area contributed by atoms with Gasteiger partial charge in [0.15, 0.2) is 0 Å². The van der Waals surface area contributed by atoms with E-state index in [2.05, 4.69) is 16.9 Å². The number of amides is 1. The van der Waals surface area contributed by atoms with E-state index >= 15 is 0 Å². The van der Waals surface area contributed by atoms with Gasteiger partial charge in [-0.1, -0.05) is 43.0 Å². The fourth-order valence-electron chi connectivity index (χ4n) is 1.99. The van der Waals surface area contributed by atoms with Gasteiger partial charge in [0, 0.05) is 5.56 Å². The molecule has 2 aromatic rings. The Hall–Kier alpha value is -2.63. The van der Waals surface area contributed by atoms with Crippen LogP contribution in [-0.4, -0.2) is 26.2 Å². The first-order chi connectivity index (χ1) is 11.7. The third-order valence-corrected chi connectivity index (χ3v) is 3.15. The van der Waals surface area contributed by atoms with Gasteiger partial charge in [0.25, 0.3) is 5.91 Å². The molecule has 0 aliphatic carbocycles. The summed E-state index contributed by atoms with van der Waals surface area (Å²) >= 11 is 0. The molecule has 126 valence electrons. The van der Waals surface area contributed by atoms with Crippen molar-refractivity contribution in [3.05, 3.63) is 77.9 Å². The van der Waals surface area contributed by atoms with Crippen molar-refractivity contribution < 1.29 is 19.1 Å². The molecule has 0 saturated heterocycles. The highest BCUT2D eigenvalue weighted by molar-refractivity contribution is 5.93. The van der Waals surface area contributed by atoms with Crippen LogP contribution in [0.2, 0.25) is 0 Å². The van der Waals surface area contributed by atoms with E-state index in [0.29, 0.717) is 31.1 Å². The molecular weight excluding hydrogens is 306 g/mol. The summed E-state index contributed by atoms with van der Waals surface area (Å²) in [5, 5.41) is 0. The van der Waals surface area contributed by atoms with E-state index in [0.717, 1.165) is 11.1 Å². The molecule has 0 atom stereocenters. The highest BCUT2D eigenvalue weighted by Crippen LogP contribution is 2.14. The molecule has 2 rings (SSSR count). The number of hydroxylamine groups is 1. The number of ether oxygens (including phenoxy) is 2. The van der Waals surface area contributed by atoms with Gasteiger partial charge in [0.05, 0.1) is 20.3 Å². The number of nitrogens with one attached hydrogen (secondary N) is 1. The van der Waals surface area contributed by atoms with E-state index in [-0.39, 0.29) is 5.91 Å². The van der Waals surface area contributed by atoms with Crippen molar-refractivity contribution >= 4 is 5.91 Å². The number of carbonyl (C=O) groups is 1. The van der Waals surface area contributed by atoms with Crippen molar-refractivity contribution in [1.82, 2.24) is 5.48 Å². The minimum absolute atomic E-state index is 0.324. The van der Waals surface area contributed by atoms with Crippen molar-refractivity contribution in [2.75, 3.05) is 20.3 Å². The van der Waals surface area contributed by atoms with Gasteiger partial charge in [-0.15, -0.1) is 0 Å². The van der Waals surface area contributed by atoms with Gasteiger partial charge in [-0.05, 0) is 29.3 Å². The van der Waals surface area contributed by atoms with E-state index in [1.54, 1.807) is 24.3 Å². The average Bonchev–Trinajstić information content (AvgIpc) is 2.61. The molecule has 1 amide bonds. The monoisotopic (exact) mass is 327 g/mol. The molecule has 24 heavy (non-hydrogen) atoms. The summed E-state index contributed by atoms with van der Waals surface area (Å²) in [6, 6.07) is 16.8. The third kappa shape index (κ3) is 5.87. The highest BCUT2D eigenvalue weighted by atomic mass is 16.6. The van der Waals surface area contributed by atoms with E-state index < -0.39 is 0 Å². The molecule has 5 nitrogen and oxygen atoms in total. The fraction of sp³-hybridized carbons (Fsp3) is 0.211. The second-order valence-corrected chi connectivity index (χ2v) is 5.18. The van der Waals surface area contributed by atoms with Crippen molar-refractivity contribution in [1.29, 1.82) is 0 Å². The molecule has 2 aromatic carbocycles. The SMILES string of the molecule is C=C(COCc1ccccc1)COc1cccc(C(=O)NOC)c1. The lowest BCUT2D eigenvalue weighted by Crippen LogP contribution is -2.21. The summed E-state index contributed by atoms with van der Waals surface area (Å²) in [6.07, 6.45) is 0. The van der Waals surface area contributed by atoms with Gasteiger partial charge in [-0.2, -0.15) is 0 Å². The summed E-state index contributed by atoms with van der Waals surface area (Å²) in [6.45, 7) is 5.21. The highest BCUT2D eigenvalue weighted by Gasteiger charge is 2.06. The molecule has 0 aliphatic heterocycles. The van der Waals surface area contributed by atoms with Crippen LogP contribution >= 0.6 is 0 Å². The van der Waals surface area contributed by atoms with Gasteiger partial charge in [0.1, 0.15) is 12.4 Å². The zero-order valence-corrected chi connectivity index (χ0v) is 13.7. The van der Waals surface area contributed by atoms with Crippen LogP contribution in [0, 0.1) is 0 Å². The molecule has 0 radical (unpaired) electrons.